The third kappa shape index (κ3) is 6.03. The van der Waals surface area contributed by atoms with Crippen LogP contribution in [0.15, 0.2) is 47.5 Å². The molecule has 0 saturated carbocycles. The second kappa shape index (κ2) is 10.2. The van der Waals surface area contributed by atoms with Crippen LogP contribution in [0.25, 0.3) is 0 Å². The van der Waals surface area contributed by atoms with Gasteiger partial charge in [0, 0.05) is 25.7 Å². The molecule has 0 amide bonds. The van der Waals surface area contributed by atoms with Crippen LogP contribution in [-0.2, 0) is 13.0 Å². The molecule has 0 atom stereocenters. The maximum atomic E-state index is 13.5. The van der Waals surface area contributed by atoms with E-state index >= 15 is 0 Å². The summed E-state index contributed by atoms with van der Waals surface area (Å²) in [6.45, 7) is 0.714. The molecule has 0 aromatic heterocycles. The molecule has 0 saturated heterocycles. The quantitative estimate of drug-likeness (QED) is 0.416. The van der Waals surface area contributed by atoms with Gasteiger partial charge in [0.15, 0.2) is 5.96 Å². The van der Waals surface area contributed by atoms with Crippen molar-refractivity contribution in [3.63, 3.8) is 0 Å². The fourth-order valence-electron chi connectivity index (χ4n) is 2.13. The zero-order chi connectivity index (χ0) is 16.7. The van der Waals surface area contributed by atoms with Crippen molar-refractivity contribution in [2.24, 2.45) is 4.99 Å². The van der Waals surface area contributed by atoms with Gasteiger partial charge < -0.3 is 10.6 Å². The SMILES string of the molecule is CN=C(NCCc1c(F)cccc1F)NCc1cccc(F)c1.I. The van der Waals surface area contributed by atoms with Crippen molar-refractivity contribution >= 4 is 29.9 Å². The van der Waals surface area contributed by atoms with Crippen molar-refractivity contribution in [1.82, 2.24) is 10.6 Å². The molecule has 7 heteroatoms. The topological polar surface area (TPSA) is 36.4 Å². The first-order valence-electron chi connectivity index (χ1n) is 7.22. The number of nitrogens with zero attached hydrogens (tertiary/aromatic N) is 1. The monoisotopic (exact) mass is 449 g/mol. The lowest BCUT2D eigenvalue weighted by Gasteiger charge is -2.12. The number of halogens is 4. The molecule has 0 bridgehead atoms. The summed E-state index contributed by atoms with van der Waals surface area (Å²) in [6, 6.07) is 10.0. The van der Waals surface area contributed by atoms with Crippen LogP contribution in [0, 0.1) is 17.5 Å². The van der Waals surface area contributed by atoms with Crippen LogP contribution in [0.1, 0.15) is 11.1 Å². The van der Waals surface area contributed by atoms with Crippen LogP contribution in [0.4, 0.5) is 13.2 Å². The Kier molecular flexibility index (Phi) is 8.59. The Morgan fingerprint density at radius 1 is 1.00 bits per heavy atom. The largest absolute Gasteiger partial charge is 0.356 e. The van der Waals surface area contributed by atoms with Gasteiger partial charge in [0.1, 0.15) is 17.5 Å². The fourth-order valence-corrected chi connectivity index (χ4v) is 2.13. The van der Waals surface area contributed by atoms with Gasteiger partial charge in [0.25, 0.3) is 0 Å². The number of benzene rings is 2. The van der Waals surface area contributed by atoms with Gasteiger partial charge in [-0.15, -0.1) is 24.0 Å². The molecular formula is C17H19F3IN3. The Morgan fingerprint density at radius 3 is 2.29 bits per heavy atom. The van der Waals surface area contributed by atoms with Gasteiger partial charge >= 0.3 is 0 Å². The lowest BCUT2D eigenvalue weighted by Crippen LogP contribution is -2.38. The van der Waals surface area contributed by atoms with Gasteiger partial charge in [-0.3, -0.25) is 4.99 Å². The Bertz CT molecular complexity index is 672. The maximum Gasteiger partial charge on any atom is 0.191 e. The van der Waals surface area contributed by atoms with E-state index in [1.165, 1.54) is 30.3 Å². The average molecular weight is 449 g/mol. The lowest BCUT2D eigenvalue weighted by atomic mass is 10.1. The van der Waals surface area contributed by atoms with Crippen molar-refractivity contribution < 1.29 is 13.2 Å². The second-order valence-corrected chi connectivity index (χ2v) is 4.93. The van der Waals surface area contributed by atoms with E-state index in [1.807, 2.05) is 0 Å². The van der Waals surface area contributed by atoms with Crippen molar-refractivity contribution in [2.45, 2.75) is 13.0 Å². The van der Waals surface area contributed by atoms with Crippen molar-refractivity contribution in [1.29, 1.82) is 0 Å². The van der Waals surface area contributed by atoms with E-state index in [4.69, 9.17) is 0 Å². The molecule has 3 nitrogen and oxygen atoms in total. The molecule has 0 spiro atoms. The Hall–Kier alpha value is -1.77. The van der Waals surface area contributed by atoms with Gasteiger partial charge in [-0.1, -0.05) is 18.2 Å². The average Bonchev–Trinajstić information content (AvgIpc) is 2.53. The van der Waals surface area contributed by atoms with Gasteiger partial charge in [0.2, 0.25) is 0 Å². The Balaban J connectivity index is 0.00000288. The molecule has 0 aliphatic carbocycles. The first-order valence-corrected chi connectivity index (χ1v) is 7.22. The van der Waals surface area contributed by atoms with Crippen LogP contribution in [0.5, 0.6) is 0 Å². The molecule has 2 N–H and O–H groups in total. The minimum atomic E-state index is -0.561. The normalized spacial score (nSPS) is 10.9. The van der Waals surface area contributed by atoms with Gasteiger partial charge in [0.05, 0.1) is 0 Å². The number of hydrogen-bond donors (Lipinski definition) is 2. The van der Waals surface area contributed by atoms with Gasteiger partial charge in [-0.25, -0.2) is 13.2 Å². The summed E-state index contributed by atoms with van der Waals surface area (Å²) in [5.41, 5.74) is 0.814. The number of aliphatic imine (C=N–C) groups is 1. The van der Waals surface area contributed by atoms with Crippen LogP contribution in [0.2, 0.25) is 0 Å². The highest BCUT2D eigenvalue weighted by atomic mass is 127. The van der Waals surface area contributed by atoms with E-state index in [0.29, 0.717) is 19.0 Å². The summed E-state index contributed by atoms with van der Waals surface area (Å²) in [7, 11) is 1.59. The van der Waals surface area contributed by atoms with Crippen LogP contribution in [0.3, 0.4) is 0 Å². The first kappa shape index (κ1) is 20.3. The molecule has 0 heterocycles. The molecule has 0 fully saturated rings. The minimum absolute atomic E-state index is 0. The zero-order valence-corrected chi connectivity index (χ0v) is 15.5. The van der Waals surface area contributed by atoms with Crippen molar-refractivity contribution in [3.8, 4) is 0 Å². The highest BCUT2D eigenvalue weighted by Gasteiger charge is 2.08. The molecule has 0 aliphatic heterocycles. The smallest absolute Gasteiger partial charge is 0.191 e. The van der Waals surface area contributed by atoms with Crippen LogP contribution >= 0.6 is 24.0 Å². The summed E-state index contributed by atoms with van der Waals surface area (Å²) in [4.78, 5) is 4.01. The van der Waals surface area contributed by atoms with Gasteiger partial charge in [-0.2, -0.15) is 0 Å². The molecule has 0 radical (unpaired) electrons. The third-order valence-corrected chi connectivity index (χ3v) is 3.30. The summed E-state index contributed by atoms with van der Waals surface area (Å²) in [5.74, 6) is -0.947. The molecule has 2 aromatic carbocycles. The fraction of sp³-hybridized carbons (Fsp3) is 0.235. The number of hydrogen-bond acceptors (Lipinski definition) is 1. The predicted octanol–water partition coefficient (Wildman–Crippen LogP) is 3.63. The zero-order valence-electron chi connectivity index (χ0n) is 13.2. The van der Waals surface area contributed by atoms with E-state index in [0.717, 1.165) is 5.56 Å². The second-order valence-electron chi connectivity index (χ2n) is 4.93. The summed E-state index contributed by atoms with van der Waals surface area (Å²) in [5, 5.41) is 5.98. The predicted molar refractivity (Wildman–Crippen MR) is 100 cm³/mol. The third-order valence-electron chi connectivity index (χ3n) is 3.30. The summed E-state index contributed by atoms with van der Waals surface area (Å²) < 4.78 is 40.1. The Labute approximate surface area is 156 Å². The van der Waals surface area contributed by atoms with E-state index < -0.39 is 11.6 Å². The lowest BCUT2D eigenvalue weighted by molar-refractivity contribution is 0.553. The summed E-state index contributed by atoms with van der Waals surface area (Å²) >= 11 is 0. The van der Waals surface area contributed by atoms with Crippen molar-refractivity contribution in [3.05, 3.63) is 71.0 Å². The molecule has 2 aromatic rings. The van der Waals surface area contributed by atoms with E-state index in [-0.39, 0.29) is 41.8 Å². The molecule has 24 heavy (non-hydrogen) atoms. The number of rotatable bonds is 5. The summed E-state index contributed by atoms with van der Waals surface area (Å²) in [6.07, 6.45) is 0.194. The molecular weight excluding hydrogens is 430 g/mol. The van der Waals surface area contributed by atoms with E-state index in [9.17, 15) is 13.2 Å². The maximum absolute atomic E-state index is 13.5. The van der Waals surface area contributed by atoms with Gasteiger partial charge in [-0.05, 0) is 36.2 Å². The highest BCUT2D eigenvalue weighted by Crippen LogP contribution is 2.12. The standard InChI is InChI=1S/C17H18F3N3.HI/c1-21-17(23-11-12-4-2-5-13(18)10-12)22-9-8-14-15(19)6-3-7-16(14)20;/h2-7,10H,8-9,11H2,1H3,(H2,21,22,23);1H. The first-order chi connectivity index (χ1) is 11.1. The van der Waals surface area contributed by atoms with E-state index in [1.54, 1.807) is 19.2 Å². The molecule has 2 rings (SSSR count). The van der Waals surface area contributed by atoms with Crippen LogP contribution < -0.4 is 10.6 Å². The number of guanidine groups is 1. The molecule has 130 valence electrons. The molecule has 0 unspecified atom stereocenters. The van der Waals surface area contributed by atoms with Crippen molar-refractivity contribution in [2.75, 3.05) is 13.6 Å². The Morgan fingerprint density at radius 2 is 1.67 bits per heavy atom. The van der Waals surface area contributed by atoms with Crippen LogP contribution in [-0.4, -0.2) is 19.6 Å². The minimum Gasteiger partial charge on any atom is -0.356 e. The highest BCUT2D eigenvalue weighted by molar-refractivity contribution is 14.0. The molecule has 0 aliphatic rings. The van der Waals surface area contributed by atoms with E-state index in [2.05, 4.69) is 15.6 Å². The number of nitrogens with one attached hydrogen (secondary N) is 2.